The number of phenolic OH excluding ortho intramolecular Hbond substituents is 1. The normalized spacial score (nSPS) is 20.2. The predicted octanol–water partition coefficient (Wildman–Crippen LogP) is 3.89. The number of benzene rings is 1. The summed E-state index contributed by atoms with van der Waals surface area (Å²) in [5.74, 6) is -0.604. The van der Waals surface area contributed by atoms with E-state index in [1.54, 1.807) is 45.9 Å². The summed E-state index contributed by atoms with van der Waals surface area (Å²) < 4.78 is 5.29. The molecule has 8 nitrogen and oxygen atoms in total. The van der Waals surface area contributed by atoms with Crippen LogP contribution in [0.4, 0.5) is 4.79 Å². The number of carbonyl (C=O) groups excluding carboxylic acids is 3. The second-order valence-corrected chi connectivity index (χ2v) is 10.1. The Bertz CT molecular complexity index is 851. The fraction of sp³-hybridized carbons (Fsp3) is 0.640. The van der Waals surface area contributed by atoms with Crippen molar-refractivity contribution in [1.29, 1.82) is 0 Å². The third-order valence-corrected chi connectivity index (χ3v) is 5.65. The summed E-state index contributed by atoms with van der Waals surface area (Å²) in [5.41, 5.74) is -0.346. The van der Waals surface area contributed by atoms with Gasteiger partial charge in [0.25, 0.3) is 0 Å². The number of carbonyl (C=O) groups is 3. The number of nitrogens with one attached hydrogen (secondary N) is 2. The van der Waals surface area contributed by atoms with Crippen LogP contribution >= 0.6 is 0 Å². The van der Waals surface area contributed by atoms with Crippen LogP contribution in [0.15, 0.2) is 24.3 Å². The van der Waals surface area contributed by atoms with Crippen LogP contribution in [0.5, 0.6) is 5.75 Å². The second kappa shape index (κ2) is 10.9. The number of alkyl carbamates (subject to hydrolysis) is 1. The van der Waals surface area contributed by atoms with E-state index in [-0.39, 0.29) is 29.7 Å². The van der Waals surface area contributed by atoms with Gasteiger partial charge in [0.15, 0.2) is 0 Å². The highest BCUT2D eigenvalue weighted by Crippen LogP contribution is 2.42. The first-order valence-corrected chi connectivity index (χ1v) is 11.8. The van der Waals surface area contributed by atoms with Crippen molar-refractivity contribution < 1.29 is 24.2 Å². The van der Waals surface area contributed by atoms with Gasteiger partial charge in [-0.2, -0.15) is 0 Å². The van der Waals surface area contributed by atoms with Gasteiger partial charge in [-0.25, -0.2) is 4.79 Å². The Morgan fingerprint density at radius 2 is 1.79 bits per heavy atom. The SMILES string of the molecule is CCCC(C)NC(=O)C(c1ccccc1O)N(C(=O)C(C)NC(=O)OC(C)(C)C)C1CC1C. The van der Waals surface area contributed by atoms with E-state index in [1.165, 1.54) is 11.0 Å². The van der Waals surface area contributed by atoms with Crippen molar-refractivity contribution in [3.8, 4) is 5.75 Å². The van der Waals surface area contributed by atoms with Crippen LogP contribution in [-0.2, 0) is 14.3 Å². The Balaban J connectivity index is 2.38. The molecule has 1 aliphatic rings. The van der Waals surface area contributed by atoms with Crippen molar-refractivity contribution in [1.82, 2.24) is 15.5 Å². The zero-order valence-corrected chi connectivity index (χ0v) is 20.8. The lowest BCUT2D eigenvalue weighted by Gasteiger charge is -2.35. The van der Waals surface area contributed by atoms with Gasteiger partial charge in [0.05, 0.1) is 0 Å². The lowest BCUT2D eigenvalue weighted by molar-refractivity contribution is -0.143. The van der Waals surface area contributed by atoms with Crippen LogP contribution in [-0.4, -0.2) is 51.6 Å². The number of hydrogen-bond donors (Lipinski definition) is 3. The molecule has 33 heavy (non-hydrogen) atoms. The molecule has 0 radical (unpaired) electrons. The van der Waals surface area contributed by atoms with E-state index in [2.05, 4.69) is 10.6 Å². The summed E-state index contributed by atoms with van der Waals surface area (Å²) in [6, 6.07) is 4.38. The van der Waals surface area contributed by atoms with Crippen molar-refractivity contribution in [3.05, 3.63) is 29.8 Å². The topological polar surface area (TPSA) is 108 Å². The molecule has 1 fully saturated rings. The van der Waals surface area contributed by atoms with Crippen molar-refractivity contribution in [2.45, 2.75) is 97.5 Å². The molecule has 0 bridgehead atoms. The van der Waals surface area contributed by atoms with Gasteiger partial charge >= 0.3 is 6.09 Å². The van der Waals surface area contributed by atoms with Gasteiger partial charge in [-0.15, -0.1) is 0 Å². The smallest absolute Gasteiger partial charge is 0.408 e. The lowest BCUT2D eigenvalue weighted by Crippen LogP contribution is -2.53. The van der Waals surface area contributed by atoms with E-state index < -0.39 is 29.7 Å². The van der Waals surface area contributed by atoms with E-state index in [9.17, 15) is 19.5 Å². The third-order valence-electron chi connectivity index (χ3n) is 5.65. The van der Waals surface area contributed by atoms with E-state index >= 15 is 0 Å². The first-order chi connectivity index (χ1) is 15.4. The number of aromatic hydroxyl groups is 1. The molecular formula is C25H39N3O5. The monoisotopic (exact) mass is 461 g/mol. The molecule has 1 saturated carbocycles. The lowest BCUT2D eigenvalue weighted by atomic mass is 10.0. The molecule has 5 atom stereocenters. The van der Waals surface area contributed by atoms with Crippen molar-refractivity contribution in [2.75, 3.05) is 0 Å². The van der Waals surface area contributed by atoms with Crippen molar-refractivity contribution >= 4 is 17.9 Å². The van der Waals surface area contributed by atoms with Crippen molar-refractivity contribution in [3.63, 3.8) is 0 Å². The molecule has 0 saturated heterocycles. The number of amides is 3. The van der Waals surface area contributed by atoms with E-state index in [1.807, 2.05) is 20.8 Å². The highest BCUT2D eigenvalue weighted by Gasteiger charge is 2.48. The van der Waals surface area contributed by atoms with E-state index in [4.69, 9.17) is 4.74 Å². The molecule has 1 aromatic carbocycles. The number of para-hydroxylation sites is 1. The molecule has 8 heteroatoms. The van der Waals surface area contributed by atoms with Gasteiger partial charge in [0, 0.05) is 17.6 Å². The molecule has 0 spiro atoms. The van der Waals surface area contributed by atoms with Gasteiger partial charge < -0.3 is 25.4 Å². The van der Waals surface area contributed by atoms with E-state index in [0.717, 1.165) is 19.3 Å². The molecular weight excluding hydrogens is 422 g/mol. The summed E-state index contributed by atoms with van der Waals surface area (Å²) in [4.78, 5) is 40.9. The van der Waals surface area contributed by atoms with Gasteiger partial charge in [-0.05, 0) is 59.4 Å². The maximum atomic E-state index is 13.6. The Morgan fingerprint density at radius 1 is 1.18 bits per heavy atom. The molecule has 1 aromatic rings. The number of rotatable bonds is 9. The molecule has 2 rings (SSSR count). The second-order valence-electron chi connectivity index (χ2n) is 10.1. The van der Waals surface area contributed by atoms with Crippen LogP contribution in [0.1, 0.15) is 79.3 Å². The number of phenols is 1. The maximum Gasteiger partial charge on any atom is 0.408 e. The number of hydrogen-bond acceptors (Lipinski definition) is 5. The first-order valence-electron chi connectivity index (χ1n) is 11.8. The van der Waals surface area contributed by atoms with Gasteiger partial charge in [-0.1, -0.05) is 38.5 Å². The van der Waals surface area contributed by atoms with Crippen LogP contribution < -0.4 is 10.6 Å². The van der Waals surface area contributed by atoms with Gasteiger partial charge in [-0.3, -0.25) is 9.59 Å². The average Bonchev–Trinajstić information content (AvgIpc) is 3.40. The van der Waals surface area contributed by atoms with Gasteiger partial charge in [0.2, 0.25) is 11.8 Å². The minimum Gasteiger partial charge on any atom is -0.508 e. The molecule has 0 aliphatic heterocycles. The minimum absolute atomic E-state index is 0.0559. The van der Waals surface area contributed by atoms with Crippen molar-refractivity contribution in [2.24, 2.45) is 5.92 Å². The van der Waals surface area contributed by atoms with Gasteiger partial charge in [0.1, 0.15) is 23.4 Å². The quantitative estimate of drug-likeness (QED) is 0.517. The highest BCUT2D eigenvalue weighted by atomic mass is 16.6. The Labute approximate surface area is 197 Å². The largest absolute Gasteiger partial charge is 0.508 e. The molecule has 0 aromatic heterocycles. The van der Waals surface area contributed by atoms with Crippen LogP contribution in [0.25, 0.3) is 0 Å². The summed E-state index contributed by atoms with van der Waals surface area (Å²) in [6.45, 7) is 12.8. The average molecular weight is 462 g/mol. The minimum atomic E-state index is -1.02. The third kappa shape index (κ3) is 7.37. The molecule has 3 N–H and O–H groups in total. The van der Waals surface area contributed by atoms with E-state index in [0.29, 0.717) is 5.56 Å². The summed E-state index contributed by atoms with van der Waals surface area (Å²) >= 11 is 0. The zero-order chi connectivity index (χ0) is 24.9. The zero-order valence-electron chi connectivity index (χ0n) is 20.8. The maximum absolute atomic E-state index is 13.6. The standard InChI is InChI=1S/C25H39N3O5/c1-8-11-16(3)26-22(30)21(18-12-9-10-13-20(18)29)28(19-14-15(19)2)23(31)17(4)27-24(32)33-25(5,6)7/h9-10,12-13,15-17,19,21,29H,8,11,14H2,1-7H3,(H,26,30)(H,27,32). The Morgan fingerprint density at radius 3 is 2.30 bits per heavy atom. The molecule has 184 valence electrons. The Hall–Kier alpha value is -2.77. The summed E-state index contributed by atoms with van der Waals surface area (Å²) in [6.07, 6.45) is 1.74. The summed E-state index contributed by atoms with van der Waals surface area (Å²) in [7, 11) is 0. The fourth-order valence-corrected chi connectivity index (χ4v) is 3.91. The molecule has 5 unspecified atom stereocenters. The molecule has 1 aliphatic carbocycles. The highest BCUT2D eigenvalue weighted by molar-refractivity contribution is 5.92. The fourth-order valence-electron chi connectivity index (χ4n) is 3.91. The van der Waals surface area contributed by atoms with Crippen LogP contribution in [0.2, 0.25) is 0 Å². The molecule has 0 heterocycles. The first kappa shape index (κ1) is 26.5. The molecule has 3 amide bonds. The Kier molecular flexibility index (Phi) is 8.75. The number of nitrogens with zero attached hydrogens (tertiary/aromatic N) is 1. The summed E-state index contributed by atoms with van der Waals surface area (Å²) in [5, 5.41) is 16.2. The number of ether oxygens (including phenoxy) is 1. The van der Waals surface area contributed by atoms with Crippen LogP contribution in [0.3, 0.4) is 0 Å². The predicted molar refractivity (Wildman–Crippen MR) is 127 cm³/mol. The van der Waals surface area contributed by atoms with Crippen LogP contribution in [0, 0.1) is 5.92 Å².